The minimum absolute atomic E-state index is 0.190. The first kappa shape index (κ1) is 12.7. The molecule has 2 heterocycles. The Bertz CT molecular complexity index is 443. The fourth-order valence-electron chi connectivity index (χ4n) is 2.27. The number of nitrogens with zero attached hydrogens (tertiary/aromatic N) is 5. The lowest BCUT2D eigenvalue weighted by Gasteiger charge is -2.29. The molecule has 1 saturated heterocycles. The van der Waals surface area contributed by atoms with Crippen molar-refractivity contribution in [2.75, 3.05) is 18.0 Å². The molecule has 2 rings (SSSR count). The van der Waals surface area contributed by atoms with Gasteiger partial charge < -0.3 is 4.90 Å². The van der Waals surface area contributed by atoms with Crippen molar-refractivity contribution in [1.82, 2.24) is 15.2 Å². The smallest absolute Gasteiger partial charge is 0.245 e. The molecule has 0 N–H and O–H groups in total. The maximum absolute atomic E-state index is 8.89. The van der Waals surface area contributed by atoms with Crippen LogP contribution in [0.4, 0.5) is 5.95 Å². The van der Waals surface area contributed by atoms with Crippen molar-refractivity contribution in [3.05, 3.63) is 11.4 Å². The molecule has 18 heavy (non-hydrogen) atoms. The van der Waals surface area contributed by atoms with Gasteiger partial charge >= 0.3 is 0 Å². The maximum atomic E-state index is 8.89. The zero-order chi connectivity index (χ0) is 13.0. The van der Waals surface area contributed by atoms with Crippen molar-refractivity contribution in [3.63, 3.8) is 0 Å². The molecule has 1 aliphatic heterocycles. The van der Waals surface area contributed by atoms with E-state index in [1.807, 2.05) is 0 Å². The highest BCUT2D eigenvalue weighted by molar-refractivity contribution is 5.31. The highest BCUT2D eigenvalue weighted by atomic mass is 15.3. The average Bonchev–Trinajstić information content (AvgIpc) is 2.46. The molecule has 0 radical (unpaired) electrons. The molecule has 0 spiro atoms. The molecule has 0 aromatic carbocycles. The minimum Gasteiger partial charge on any atom is -0.339 e. The number of aryl methyl sites for hydroxylation is 2. The summed E-state index contributed by atoms with van der Waals surface area (Å²) in [6.07, 6.45) is 3.56. The van der Waals surface area contributed by atoms with E-state index in [1.54, 1.807) is 0 Å². The van der Waals surface area contributed by atoms with Gasteiger partial charge in [0.15, 0.2) is 0 Å². The zero-order valence-corrected chi connectivity index (χ0v) is 11.1. The third-order valence-corrected chi connectivity index (χ3v) is 3.46. The molecule has 0 atom stereocenters. The molecule has 5 nitrogen and oxygen atoms in total. The van der Waals surface area contributed by atoms with Gasteiger partial charge in [-0.15, -0.1) is 5.10 Å². The summed E-state index contributed by atoms with van der Waals surface area (Å²) in [7, 11) is 0. The fraction of sp³-hybridized carbons (Fsp3) is 0.692. The van der Waals surface area contributed by atoms with Crippen LogP contribution >= 0.6 is 0 Å². The maximum Gasteiger partial charge on any atom is 0.245 e. The Morgan fingerprint density at radius 3 is 2.39 bits per heavy atom. The van der Waals surface area contributed by atoms with Gasteiger partial charge in [-0.2, -0.15) is 10.4 Å². The molecule has 0 unspecified atom stereocenters. The number of rotatable bonds is 3. The number of nitriles is 1. The average molecular weight is 245 g/mol. The lowest BCUT2D eigenvalue weighted by molar-refractivity contribution is 0.480. The molecule has 0 amide bonds. The number of hydrogen-bond donors (Lipinski definition) is 0. The summed E-state index contributed by atoms with van der Waals surface area (Å²) in [6.45, 7) is 5.88. The number of anilines is 1. The van der Waals surface area contributed by atoms with E-state index >= 15 is 0 Å². The zero-order valence-electron chi connectivity index (χ0n) is 11.1. The second-order valence-electron chi connectivity index (χ2n) is 4.60. The Hall–Kier alpha value is -1.70. The van der Waals surface area contributed by atoms with Gasteiger partial charge in [-0.3, -0.25) is 0 Å². The van der Waals surface area contributed by atoms with Crippen molar-refractivity contribution in [3.8, 4) is 6.07 Å². The van der Waals surface area contributed by atoms with E-state index < -0.39 is 0 Å². The predicted octanol–water partition coefficient (Wildman–Crippen LogP) is 1.74. The normalized spacial score (nSPS) is 16.6. The van der Waals surface area contributed by atoms with E-state index in [1.165, 1.54) is 0 Å². The number of piperidine rings is 1. The van der Waals surface area contributed by atoms with Crippen molar-refractivity contribution < 1.29 is 0 Å². The van der Waals surface area contributed by atoms with Crippen LogP contribution in [-0.4, -0.2) is 28.3 Å². The Labute approximate surface area is 108 Å². The first-order valence-electron chi connectivity index (χ1n) is 6.65. The molecule has 0 aliphatic carbocycles. The standard InChI is InChI=1S/C13H19N5/c1-3-11-12(4-2)16-17-13(15-11)18-7-5-10(9-14)6-8-18/h10H,3-8H2,1-2H3. The van der Waals surface area contributed by atoms with Gasteiger partial charge in [-0.05, 0) is 25.7 Å². The van der Waals surface area contributed by atoms with E-state index in [-0.39, 0.29) is 5.92 Å². The highest BCUT2D eigenvalue weighted by Crippen LogP contribution is 2.20. The van der Waals surface area contributed by atoms with Gasteiger partial charge in [-0.25, -0.2) is 4.98 Å². The van der Waals surface area contributed by atoms with Gasteiger partial charge in [-0.1, -0.05) is 13.8 Å². The Morgan fingerprint density at radius 2 is 1.83 bits per heavy atom. The first-order valence-corrected chi connectivity index (χ1v) is 6.65. The van der Waals surface area contributed by atoms with Crippen molar-refractivity contribution in [1.29, 1.82) is 5.26 Å². The van der Waals surface area contributed by atoms with Crippen LogP contribution in [-0.2, 0) is 12.8 Å². The minimum atomic E-state index is 0.190. The largest absolute Gasteiger partial charge is 0.339 e. The molecular formula is C13H19N5. The summed E-state index contributed by atoms with van der Waals surface area (Å²) in [4.78, 5) is 6.74. The van der Waals surface area contributed by atoms with E-state index in [4.69, 9.17) is 5.26 Å². The Kier molecular flexibility index (Phi) is 4.08. The topological polar surface area (TPSA) is 65.7 Å². The second kappa shape index (κ2) is 5.76. The van der Waals surface area contributed by atoms with E-state index in [0.717, 1.165) is 56.1 Å². The van der Waals surface area contributed by atoms with Gasteiger partial charge in [0.05, 0.1) is 17.5 Å². The summed E-state index contributed by atoms with van der Waals surface area (Å²) < 4.78 is 0. The molecule has 1 aromatic heterocycles. The summed E-state index contributed by atoms with van der Waals surface area (Å²) in [5.74, 6) is 0.912. The summed E-state index contributed by atoms with van der Waals surface area (Å²) in [6, 6.07) is 2.33. The molecule has 0 saturated carbocycles. The van der Waals surface area contributed by atoms with Crippen molar-refractivity contribution >= 4 is 5.95 Å². The summed E-state index contributed by atoms with van der Waals surface area (Å²) >= 11 is 0. The third-order valence-electron chi connectivity index (χ3n) is 3.46. The molecule has 1 aliphatic rings. The van der Waals surface area contributed by atoms with Crippen LogP contribution in [0.25, 0.3) is 0 Å². The highest BCUT2D eigenvalue weighted by Gasteiger charge is 2.21. The number of aromatic nitrogens is 3. The molecule has 96 valence electrons. The van der Waals surface area contributed by atoms with Crippen LogP contribution in [0.3, 0.4) is 0 Å². The van der Waals surface area contributed by atoms with E-state index in [9.17, 15) is 0 Å². The summed E-state index contributed by atoms with van der Waals surface area (Å²) in [5, 5.41) is 17.4. The second-order valence-corrected chi connectivity index (χ2v) is 4.60. The van der Waals surface area contributed by atoms with Gasteiger partial charge in [0, 0.05) is 19.0 Å². The third kappa shape index (κ3) is 2.58. The van der Waals surface area contributed by atoms with Crippen LogP contribution in [0, 0.1) is 17.2 Å². The van der Waals surface area contributed by atoms with Gasteiger partial charge in [0.25, 0.3) is 0 Å². The summed E-state index contributed by atoms with van der Waals surface area (Å²) in [5.41, 5.74) is 2.04. The Morgan fingerprint density at radius 1 is 1.17 bits per heavy atom. The van der Waals surface area contributed by atoms with Crippen LogP contribution in [0.5, 0.6) is 0 Å². The van der Waals surface area contributed by atoms with Gasteiger partial charge in [0.1, 0.15) is 0 Å². The van der Waals surface area contributed by atoms with Crippen LogP contribution in [0.2, 0.25) is 0 Å². The van der Waals surface area contributed by atoms with Crippen LogP contribution in [0.1, 0.15) is 38.1 Å². The quantitative estimate of drug-likeness (QED) is 0.811. The van der Waals surface area contributed by atoms with Crippen molar-refractivity contribution in [2.24, 2.45) is 5.92 Å². The van der Waals surface area contributed by atoms with Crippen LogP contribution < -0.4 is 4.90 Å². The van der Waals surface area contributed by atoms with Crippen molar-refractivity contribution in [2.45, 2.75) is 39.5 Å². The number of hydrogen-bond acceptors (Lipinski definition) is 5. The first-order chi connectivity index (χ1) is 8.78. The predicted molar refractivity (Wildman–Crippen MR) is 69.1 cm³/mol. The fourth-order valence-corrected chi connectivity index (χ4v) is 2.27. The lowest BCUT2D eigenvalue weighted by Crippen LogP contribution is -2.35. The molecule has 1 fully saturated rings. The SMILES string of the molecule is CCc1nnc(N2CCC(C#N)CC2)nc1CC. The van der Waals surface area contributed by atoms with E-state index in [0.29, 0.717) is 0 Å². The lowest BCUT2D eigenvalue weighted by atomic mass is 9.99. The van der Waals surface area contributed by atoms with Gasteiger partial charge in [0.2, 0.25) is 5.95 Å². The van der Waals surface area contributed by atoms with E-state index in [2.05, 4.69) is 40.0 Å². The Balaban J connectivity index is 2.12. The molecule has 1 aromatic rings. The molecule has 0 bridgehead atoms. The van der Waals surface area contributed by atoms with Crippen LogP contribution in [0.15, 0.2) is 0 Å². The monoisotopic (exact) mass is 245 g/mol. The molecular weight excluding hydrogens is 226 g/mol. The molecule has 5 heteroatoms.